The second kappa shape index (κ2) is 13.7. The van der Waals surface area contributed by atoms with E-state index in [0.29, 0.717) is 55.6 Å². The number of esters is 1. The molecule has 10 heteroatoms. The van der Waals surface area contributed by atoms with Gasteiger partial charge in [-0.3, -0.25) is 4.90 Å². The second-order valence-corrected chi connectivity index (χ2v) is 7.65. The highest BCUT2D eigenvalue weighted by Gasteiger charge is 2.20. The maximum atomic E-state index is 14.0. The summed E-state index contributed by atoms with van der Waals surface area (Å²) in [6.07, 6.45) is 1.34. The van der Waals surface area contributed by atoms with E-state index in [1.54, 1.807) is 12.1 Å². The number of carbonyl (C=O) groups excluding carboxylic acids is 1. The lowest BCUT2D eigenvalue weighted by Crippen LogP contribution is -2.40. The van der Waals surface area contributed by atoms with Crippen LogP contribution in [0.1, 0.15) is 19.0 Å². The number of aromatic nitrogens is 1. The molecule has 0 radical (unpaired) electrons. The minimum absolute atomic E-state index is 0.105. The summed E-state index contributed by atoms with van der Waals surface area (Å²) in [5.41, 5.74) is 1.02. The van der Waals surface area contributed by atoms with Crippen LogP contribution in [-0.4, -0.2) is 55.8 Å². The van der Waals surface area contributed by atoms with Crippen LogP contribution in [0.4, 0.5) is 13.2 Å². The standard InChI is InChI=1S/C18H23F2N3O3.C6H4ClF/c1-4-14(18(24)25-3)16(11-23-5-7-26-8-6-23)22-12(2)17-15(20)9-13(19)10-21-17;7-5-2-1-3-6(8)4-5/h9-10,22H,2,4-8,11H2,1,3H3;1-4H/b16-14+;. The van der Waals surface area contributed by atoms with E-state index in [1.807, 2.05) is 6.92 Å². The lowest BCUT2D eigenvalue weighted by molar-refractivity contribution is -0.136. The Hall–Kier alpha value is -2.88. The highest BCUT2D eigenvalue weighted by atomic mass is 35.5. The SMILES string of the molecule is C=C(N/C(CN1CCOCC1)=C(\CC)C(=O)OC)c1ncc(F)cc1F.Fc1cccc(Cl)c1. The lowest BCUT2D eigenvalue weighted by Gasteiger charge is -2.29. The van der Waals surface area contributed by atoms with Gasteiger partial charge in [-0.2, -0.15) is 0 Å². The first-order valence-electron chi connectivity index (χ1n) is 10.5. The van der Waals surface area contributed by atoms with Gasteiger partial charge in [0.05, 0.1) is 37.8 Å². The Morgan fingerprint density at radius 3 is 2.47 bits per heavy atom. The second-order valence-electron chi connectivity index (χ2n) is 7.22. The van der Waals surface area contributed by atoms with E-state index in [1.165, 1.54) is 19.2 Å². The first-order valence-corrected chi connectivity index (χ1v) is 10.9. The van der Waals surface area contributed by atoms with Crippen molar-refractivity contribution in [2.75, 3.05) is 40.0 Å². The predicted octanol–water partition coefficient (Wildman–Crippen LogP) is 4.57. The maximum absolute atomic E-state index is 14.0. The third-order valence-electron chi connectivity index (χ3n) is 4.82. The fourth-order valence-corrected chi connectivity index (χ4v) is 3.31. The van der Waals surface area contributed by atoms with Gasteiger partial charge in [-0.1, -0.05) is 31.2 Å². The molecule has 1 fully saturated rings. The van der Waals surface area contributed by atoms with Crippen molar-refractivity contribution >= 4 is 23.3 Å². The van der Waals surface area contributed by atoms with Crippen LogP contribution in [0.15, 0.2) is 54.4 Å². The molecule has 0 saturated carbocycles. The molecule has 34 heavy (non-hydrogen) atoms. The van der Waals surface area contributed by atoms with Crippen LogP contribution in [0.5, 0.6) is 0 Å². The van der Waals surface area contributed by atoms with Crippen LogP contribution >= 0.6 is 11.6 Å². The number of morpholine rings is 1. The van der Waals surface area contributed by atoms with Crippen LogP contribution in [0.3, 0.4) is 0 Å². The normalized spacial score (nSPS) is 14.4. The summed E-state index contributed by atoms with van der Waals surface area (Å²) >= 11 is 5.40. The number of halogens is 4. The van der Waals surface area contributed by atoms with E-state index < -0.39 is 17.6 Å². The third kappa shape index (κ3) is 8.48. The van der Waals surface area contributed by atoms with E-state index in [4.69, 9.17) is 21.1 Å². The van der Waals surface area contributed by atoms with Crippen LogP contribution in [-0.2, 0) is 14.3 Å². The molecule has 2 heterocycles. The number of ether oxygens (including phenoxy) is 2. The summed E-state index contributed by atoms with van der Waals surface area (Å²) in [7, 11) is 1.31. The smallest absolute Gasteiger partial charge is 0.335 e. The molecular formula is C24H27ClF3N3O3. The third-order valence-corrected chi connectivity index (χ3v) is 5.05. The van der Waals surface area contributed by atoms with Crippen LogP contribution < -0.4 is 5.32 Å². The molecule has 184 valence electrons. The topological polar surface area (TPSA) is 63.7 Å². The summed E-state index contributed by atoms with van der Waals surface area (Å²) in [6.45, 7) is 8.64. The molecule has 1 aromatic carbocycles. The Morgan fingerprint density at radius 2 is 1.94 bits per heavy atom. The molecule has 1 N–H and O–H groups in total. The zero-order chi connectivity index (χ0) is 25.1. The van der Waals surface area contributed by atoms with Crippen molar-refractivity contribution in [1.29, 1.82) is 0 Å². The number of rotatable bonds is 7. The number of methoxy groups -OCH3 is 1. The van der Waals surface area contributed by atoms with Crippen LogP contribution in [0.2, 0.25) is 5.02 Å². The number of hydrogen-bond acceptors (Lipinski definition) is 6. The van der Waals surface area contributed by atoms with Gasteiger partial charge in [0.15, 0.2) is 5.82 Å². The van der Waals surface area contributed by atoms with Crippen LogP contribution in [0.25, 0.3) is 5.70 Å². The van der Waals surface area contributed by atoms with Gasteiger partial charge in [0.2, 0.25) is 0 Å². The monoisotopic (exact) mass is 497 g/mol. The van der Waals surface area contributed by atoms with Crippen molar-refractivity contribution in [2.45, 2.75) is 13.3 Å². The van der Waals surface area contributed by atoms with Crippen molar-refractivity contribution in [3.63, 3.8) is 0 Å². The van der Waals surface area contributed by atoms with Gasteiger partial charge in [-0.05, 0) is 24.6 Å². The number of nitrogens with zero attached hydrogens (tertiary/aromatic N) is 2. The number of nitrogens with one attached hydrogen (secondary N) is 1. The quantitative estimate of drug-likeness (QED) is 0.446. The van der Waals surface area contributed by atoms with Crippen molar-refractivity contribution in [2.24, 2.45) is 0 Å². The first-order chi connectivity index (χ1) is 16.2. The Bertz CT molecular complexity index is 1010. The lowest BCUT2D eigenvalue weighted by atomic mass is 10.1. The van der Waals surface area contributed by atoms with Crippen molar-refractivity contribution in [3.05, 3.63) is 82.5 Å². The largest absolute Gasteiger partial charge is 0.466 e. The van der Waals surface area contributed by atoms with Crippen molar-refractivity contribution in [1.82, 2.24) is 15.2 Å². The molecule has 1 saturated heterocycles. The van der Waals surface area contributed by atoms with Crippen molar-refractivity contribution in [3.8, 4) is 0 Å². The molecule has 0 bridgehead atoms. The summed E-state index contributed by atoms with van der Waals surface area (Å²) in [5.74, 6) is -2.36. The molecule has 1 aliphatic heterocycles. The van der Waals surface area contributed by atoms with Gasteiger partial charge < -0.3 is 14.8 Å². The molecule has 3 rings (SSSR count). The minimum atomic E-state index is -0.829. The number of pyridine rings is 1. The fourth-order valence-electron chi connectivity index (χ4n) is 3.14. The highest BCUT2D eigenvalue weighted by Crippen LogP contribution is 2.18. The molecule has 6 nitrogen and oxygen atoms in total. The summed E-state index contributed by atoms with van der Waals surface area (Å²) in [5, 5.41) is 3.42. The van der Waals surface area contributed by atoms with E-state index in [0.717, 1.165) is 12.3 Å². The average molecular weight is 498 g/mol. The van der Waals surface area contributed by atoms with Crippen LogP contribution in [0, 0.1) is 17.5 Å². The fraction of sp³-hybridized carbons (Fsp3) is 0.333. The van der Waals surface area contributed by atoms with Gasteiger partial charge in [-0.15, -0.1) is 0 Å². The maximum Gasteiger partial charge on any atom is 0.335 e. The number of carbonyl (C=O) groups is 1. The molecule has 1 aromatic heterocycles. The summed E-state index contributed by atoms with van der Waals surface area (Å²) < 4.78 is 49.3. The van der Waals surface area contributed by atoms with E-state index in [9.17, 15) is 18.0 Å². The molecule has 0 atom stereocenters. The predicted molar refractivity (Wildman–Crippen MR) is 124 cm³/mol. The van der Waals surface area contributed by atoms with Gasteiger partial charge in [0.25, 0.3) is 0 Å². The molecule has 0 spiro atoms. The van der Waals surface area contributed by atoms with Gasteiger partial charge in [0, 0.05) is 36.4 Å². The zero-order valence-corrected chi connectivity index (χ0v) is 19.8. The first kappa shape index (κ1) is 27.4. The van der Waals surface area contributed by atoms with Gasteiger partial charge >= 0.3 is 5.97 Å². The summed E-state index contributed by atoms with van der Waals surface area (Å²) in [4.78, 5) is 18.0. The highest BCUT2D eigenvalue weighted by molar-refractivity contribution is 6.30. The summed E-state index contributed by atoms with van der Waals surface area (Å²) in [6, 6.07) is 6.55. The van der Waals surface area contributed by atoms with E-state index in [-0.39, 0.29) is 17.2 Å². The molecular weight excluding hydrogens is 471 g/mol. The zero-order valence-electron chi connectivity index (χ0n) is 19.0. The molecule has 2 aromatic rings. The van der Waals surface area contributed by atoms with Gasteiger partial charge in [-0.25, -0.2) is 22.9 Å². The Morgan fingerprint density at radius 1 is 1.24 bits per heavy atom. The molecule has 1 aliphatic rings. The Balaban J connectivity index is 0.000000430. The molecule has 0 aliphatic carbocycles. The average Bonchev–Trinajstić information content (AvgIpc) is 2.80. The minimum Gasteiger partial charge on any atom is -0.466 e. The van der Waals surface area contributed by atoms with Crippen molar-refractivity contribution < 1.29 is 27.4 Å². The molecule has 0 amide bonds. The molecule has 0 unspecified atom stereocenters. The van der Waals surface area contributed by atoms with Gasteiger partial charge in [0.1, 0.15) is 17.3 Å². The Kier molecular flexibility index (Phi) is 11.1. The Labute approximate surface area is 202 Å². The number of hydrogen-bond donors (Lipinski definition) is 1. The van der Waals surface area contributed by atoms with E-state index in [2.05, 4.69) is 21.8 Å². The van der Waals surface area contributed by atoms with E-state index >= 15 is 0 Å². The number of benzene rings is 1.